The van der Waals surface area contributed by atoms with E-state index in [9.17, 15) is 13.2 Å². The summed E-state index contributed by atoms with van der Waals surface area (Å²) in [6.07, 6.45) is 0.896. The Bertz CT molecular complexity index is 657. The second kappa shape index (κ2) is 6.95. The third-order valence-electron chi connectivity index (χ3n) is 3.36. The van der Waals surface area contributed by atoms with Crippen LogP contribution in [0.5, 0.6) is 0 Å². The first-order chi connectivity index (χ1) is 10.3. The monoisotopic (exact) mass is 347 g/mol. The summed E-state index contributed by atoms with van der Waals surface area (Å²) < 4.78 is 31.3. The molecular weight excluding hydrogens is 330 g/mol. The van der Waals surface area contributed by atoms with Crippen molar-refractivity contribution in [3.8, 4) is 0 Å². The summed E-state index contributed by atoms with van der Waals surface area (Å²) in [5.74, 6) is -0.876. The molecule has 2 rings (SSSR count). The largest absolute Gasteiger partial charge is 0.481 e. The van der Waals surface area contributed by atoms with Crippen molar-refractivity contribution in [2.24, 2.45) is 0 Å². The van der Waals surface area contributed by atoms with Gasteiger partial charge in [0, 0.05) is 25.0 Å². The molecule has 0 amide bonds. The lowest BCUT2D eigenvalue weighted by Gasteiger charge is -2.17. The van der Waals surface area contributed by atoms with Gasteiger partial charge in [0.2, 0.25) is 10.0 Å². The lowest BCUT2D eigenvalue weighted by molar-refractivity contribution is -0.137. The van der Waals surface area contributed by atoms with Crippen molar-refractivity contribution >= 4 is 27.6 Å². The second-order valence-corrected chi connectivity index (χ2v) is 7.76. The summed E-state index contributed by atoms with van der Waals surface area (Å²) in [5.41, 5.74) is 0.711. The molecule has 1 aliphatic heterocycles. The van der Waals surface area contributed by atoms with Gasteiger partial charge in [0.25, 0.3) is 0 Å². The minimum atomic E-state index is -3.63. The first kappa shape index (κ1) is 17.2. The summed E-state index contributed by atoms with van der Waals surface area (Å²) in [4.78, 5) is 10.7. The number of hydrogen-bond acceptors (Lipinski definition) is 4. The fourth-order valence-electron chi connectivity index (χ4n) is 2.10. The van der Waals surface area contributed by atoms with Crippen LogP contribution in [0.15, 0.2) is 23.1 Å². The van der Waals surface area contributed by atoms with Gasteiger partial charge in [0.05, 0.1) is 17.6 Å². The van der Waals surface area contributed by atoms with Gasteiger partial charge in [-0.15, -0.1) is 0 Å². The van der Waals surface area contributed by atoms with Crippen LogP contribution in [-0.2, 0) is 26.0 Å². The Morgan fingerprint density at radius 2 is 2.14 bits per heavy atom. The van der Waals surface area contributed by atoms with Crippen LogP contribution in [0.1, 0.15) is 18.4 Å². The van der Waals surface area contributed by atoms with Crippen LogP contribution in [0, 0.1) is 0 Å². The molecule has 1 aromatic carbocycles. The van der Waals surface area contributed by atoms with Gasteiger partial charge in [0.15, 0.2) is 0 Å². The average Bonchev–Trinajstić information content (AvgIpc) is 3.21. The molecule has 0 aromatic heterocycles. The SMILES string of the molecule is CN(C[C@H]1CO1)S(=O)(=O)c1cc(Cl)cc(CCCC(=O)O)c1. The molecule has 0 saturated carbocycles. The van der Waals surface area contributed by atoms with Gasteiger partial charge >= 0.3 is 5.97 Å². The number of carbonyl (C=O) groups is 1. The molecule has 1 aromatic rings. The molecule has 6 nitrogen and oxygen atoms in total. The summed E-state index contributed by atoms with van der Waals surface area (Å²) in [5, 5.41) is 8.97. The number of ether oxygens (including phenoxy) is 1. The predicted molar refractivity (Wildman–Crippen MR) is 81.6 cm³/mol. The Morgan fingerprint density at radius 1 is 1.45 bits per heavy atom. The van der Waals surface area contributed by atoms with E-state index in [4.69, 9.17) is 21.4 Å². The lowest BCUT2D eigenvalue weighted by atomic mass is 10.1. The van der Waals surface area contributed by atoms with E-state index in [-0.39, 0.29) is 17.4 Å². The molecule has 1 fully saturated rings. The molecule has 8 heteroatoms. The highest BCUT2D eigenvalue weighted by molar-refractivity contribution is 7.89. The Morgan fingerprint density at radius 3 is 2.73 bits per heavy atom. The van der Waals surface area contributed by atoms with E-state index in [1.54, 1.807) is 12.1 Å². The van der Waals surface area contributed by atoms with Gasteiger partial charge in [-0.2, -0.15) is 4.31 Å². The van der Waals surface area contributed by atoms with Crippen LogP contribution in [0.4, 0.5) is 0 Å². The Hall–Kier alpha value is -1.15. The molecule has 0 bridgehead atoms. The van der Waals surface area contributed by atoms with Crippen molar-refractivity contribution in [1.82, 2.24) is 4.31 Å². The molecule has 1 atom stereocenters. The number of carboxylic acid groups (broad SMARTS) is 1. The normalized spacial score (nSPS) is 17.7. The molecule has 0 spiro atoms. The summed E-state index contributed by atoms with van der Waals surface area (Å²) in [6.45, 7) is 0.888. The number of carboxylic acids is 1. The summed E-state index contributed by atoms with van der Waals surface area (Å²) >= 11 is 6.00. The molecule has 1 N–H and O–H groups in total. The number of likely N-dealkylation sites (N-methyl/N-ethyl adjacent to an activating group) is 1. The fourth-order valence-corrected chi connectivity index (χ4v) is 3.72. The highest BCUT2D eigenvalue weighted by Crippen LogP contribution is 2.24. The number of aliphatic carboxylic acids is 1. The molecule has 0 aliphatic carbocycles. The Labute approximate surface area is 134 Å². The zero-order valence-electron chi connectivity index (χ0n) is 12.2. The van der Waals surface area contributed by atoms with Gasteiger partial charge in [-0.05, 0) is 36.6 Å². The van der Waals surface area contributed by atoms with Crippen LogP contribution < -0.4 is 0 Å². The summed E-state index contributed by atoms with van der Waals surface area (Å²) in [7, 11) is -2.13. The van der Waals surface area contributed by atoms with Gasteiger partial charge in [-0.1, -0.05) is 11.6 Å². The van der Waals surface area contributed by atoms with E-state index in [2.05, 4.69) is 0 Å². The maximum atomic E-state index is 12.5. The van der Waals surface area contributed by atoms with Crippen LogP contribution in [0.2, 0.25) is 5.02 Å². The third kappa shape index (κ3) is 4.67. The van der Waals surface area contributed by atoms with Gasteiger partial charge in [-0.3, -0.25) is 4.79 Å². The van der Waals surface area contributed by atoms with Gasteiger partial charge in [0.1, 0.15) is 0 Å². The average molecular weight is 348 g/mol. The van der Waals surface area contributed by atoms with Crippen molar-refractivity contribution in [1.29, 1.82) is 0 Å². The maximum Gasteiger partial charge on any atom is 0.303 e. The second-order valence-electron chi connectivity index (χ2n) is 5.28. The number of benzene rings is 1. The molecular formula is C14H18ClNO5S. The number of aryl methyl sites for hydroxylation is 1. The van der Waals surface area contributed by atoms with E-state index >= 15 is 0 Å². The van der Waals surface area contributed by atoms with E-state index in [1.165, 1.54) is 17.4 Å². The minimum absolute atomic E-state index is 0.0333. The molecule has 0 unspecified atom stereocenters. The molecule has 1 aliphatic rings. The zero-order valence-corrected chi connectivity index (χ0v) is 13.7. The first-order valence-electron chi connectivity index (χ1n) is 6.88. The highest BCUT2D eigenvalue weighted by atomic mass is 35.5. The van der Waals surface area contributed by atoms with Crippen molar-refractivity contribution in [2.75, 3.05) is 20.2 Å². The van der Waals surface area contributed by atoms with Gasteiger partial charge in [-0.25, -0.2) is 8.42 Å². The van der Waals surface area contributed by atoms with Crippen LogP contribution >= 0.6 is 11.6 Å². The van der Waals surface area contributed by atoms with Gasteiger partial charge < -0.3 is 9.84 Å². The van der Waals surface area contributed by atoms with E-state index in [0.717, 1.165) is 0 Å². The fraction of sp³-hybridized carbons (Fsp3) is 0.500. The van der Waals surface area contributed by atoms with Crippen molar-refractivity contribution in [2.45, 2.75) is 30.3 Å². The van der Waals surface area contributed by atoms with Crippen molar-refractivity contribution < 1.29 is 23.1 Å². The number of epoxide rings is 1. The van der Waals surface area contributed by atoms with Crippen molar-refractivity contribution in [3.63, 3.8) is 0 Å². The Kier molecular flexibility index (Phi) is 5.44. The molecule has 22 heavy (non-hydrogen) atoms. The standard InChI is InChI=1S/C14H18ClNO5S/c1-16(8-12-9-21-12)22(19,20)13-6-10(5-11(15)7-13)3-2-4-14(17)18/h5-7,12H,2-4,8-9H2,1H3,(H,17,18)/t12-/m0/s1. The number of halogens is 1. The number of nitrogens with zero attached hydrogens (tertiary/aromatic N) is 1. The van der Waals surface area contributed by atoms with Crippen molar-refractivity contribution in [3.05, 3.63) is 28.8 Å². The lowest BCUT2D eigenvalue weighted by Crippen LogP contribution is -2.30. The zero-order chi connectivity index (χ0) is 16.3. The Balaban J connectivity index is 2.15. The minimum Gasteiger partial charge on any atom is -0.481 e. The molecule has 1 heterocycles. The number of hydrogen-bond donors (Lipinski definition) is 1. The number of sulfonamides is 1. The van der Waals surface area contributed by atoms with E-state index < -0.39 is 16.0 Å². The van der Waals surface area contributed by atoms with E-state index in [0.29, 0.717) is 36.6 Å². The van der Waals surface area contributed by atoms with Crippen LogP contribution in [0.25, 0.3) is 0 Å². The van der Waals surface area contributed by atoms with E-state index in [1.807, 2.05) is 0 Å². The highest BCUT2D eigenvalue weighted by Gasteiger charge is 2.30. The molecule has 122 valence electrons. The predicted octanol–water partition coefficient (Wildman–Crippen LogP) is 1.77. The topological polar surface area (TPSA) is 87.2 Å². The first-order valence-corrected chi connectivity index (χ1v) is 8.70. The molecule has 1 saturated heterocycles. The van der Waals surface area contributed by atoms with Crippen LogP contribution in [-0.4, -0.2) is 50.1 Å². The molecule has 0 radical (unpaired) electrons. The number of rotatable bonds is 8. The quantitative estimate of drug-likeness (QED) is 0.724. The maximum absolute atomic E-state index is 12.5. The smallest absolute Gasteiger partial charge is 0.303 e. The van der Waals surface area contributed by atoms with Crippen LogP contribution in [0.3, 0.4) is 0 Å². The third-order valence-corrected chi connectivity index (χ3v) is 5.38. The summed E-state index contributed by atoms with van der Waals surface area (Å²) in [6, 6.07) is 4.61.